The summed E-state index contributed by atoms with van der Waals surface area (Å²) in [5.74, 6) is 0.951. The molecule has 0 aromatic carbocycles. The van der Waals surface area contributed by atoms with Crippen molar-refractivity contribution in [2.75, 3.05) is 25.1 Å². The first-order chi connectivity index (χ1) is 12.0. The van der Waals surface area contributed by atoms with Gasteiger partial charge in [-0.05, 0) is 32.4 Å². The van der Waals surface area contributed by atoms with Gasteiger partial charge in [-0.25, -0.2) is 0 Å². The highest BCUT2D eigenvalue weighted by Gasteiger charge is 2.33. The summed E-state index contributed by atoms with van der Waals surface area (Å²) in [5.41, 5.74) is 3.91. The molecule has 8 heteroatoms. The van der Waals surface area contributed by atoms with Crippen molar-refractivity contribution in [3.05, 3.63) is 35.4 Å². The predicted octanol–water partition coefficient (Wildman–Crippen LogP) is 1.17. The molecule has 3 N–H and O–H groups in total. The number of nitrogens with one attached hydrogen (secondary N) is 1. The average Bonchev–Trinajstić information content (AvgIpc) is 3.14. The molecule has 25 heavy (non-hydrogen) atoms. The molecule has 1 saturated heterocycles. The number of aromatic amines is 1. The molecule has 0 saturated carbocycles. The van der Waals surface area contributed by atoms with Crippen molar-refractivity contribution < 1.29 is 19.7 Å². The lowest BCUT2D eigenvalue weighted by molar-refractivity contribution is -0.122. The fourth-order valence-corrected chi connectivity index (χ4v) is 3.14. The highest BCUT2D eigenvalue weighted by molar-refractivity contribution is 5.60. The van der Waals surface area contributed by atoms with Crippen LogP contribution in [0.5, 0.6) is 5.75 Å². The Morgan fingerprint density at radius 3 is 2.76 bits per heavy atom. The monoisotopic (exact) mass is 348 g/mol. The molecule has 2 aromatic heterocycles. The van der Waals surface area contributed by atoms with Gasteiger partial charge >= 0.3 is 0 Å². The van der Waals surface area contributed by atoms with Crippen LogP contribution in [0.25, 0.3) is 0 Å². The molecule has 0 bridgehead atoms. The topological polar surface area (TPSA) is 112 Å². The van der Waals surface area contributed by atoms with Crippen molar-refractivity contribution in [1.29, 1.82) is 0 Å². The molecular formula is C17H24N4O4. The standard InChI is InChI=1S/C16H22N4O2.CH2O2/c1-10-6-13(19-18-10)7-12-8-20(9-15(12)21)14-4-5-17-11(2)16(14)22-3;2-1-3/h4-6,12,15,21H,7-9H2,1-3H3,(H,18,19);1H,(H,2,3)/t12-,15+;/m1./s1. The Bertz CT molecular complexity index is 704. The van der Waals surface area contributed by atoms with Crippen LogP contribution in [-0.4, -0.2) is 58.2 Å². The fraction of sp³-hybridized carbons (Fsp3) is 0.471. The summed E-state index contributed by atoms with van der Waals surface area (Å²) >= 11 is 0. The van der Waals surface area contributed by atoms with E-state index in [-0.39, 0.29) is 18.5 Å². The first-order valence-electron chi connectivity index (χ1n) is 8.01. The van der Waals surface area contributed by atoms with E-state index in [1.807, 2.05) is 26.0 Å². The maximum absolute atomic E-state index is 10.4. The molecule has 0 unspecified atom stereocenters. The lowest BCUT2D eigenvalue weighted by Gasteiger charge is -2.21. The summed E-state index contributed by atoms with van der Waals surface area (Å²) in [6.45, 7) is 5.05. The Morgan fingerprint density at radius 2 is 2.16 bits per heavy atom. The third kappa shape index (κ3) is 4.48. The van der Waals surface area contributed by atoms with Crippen molar-refractivity contribution >= 4 is 12.2 Å². The second-order valence-corrected chi connectivity index (χ2v) is 6.03. The Hall–Kier alpha value is -2.61. The van der Waals surface area contributed by atoms with Crippen LogP contribution in [0.15, 0.2) is 18.3 Å². The normalized spacial score (nSPS) is 19.3. The van der Waals surface area contributed by atoms with E-state index in [1.165, 1.54) is 0 Å². The smallest absolute Gasteiger partial charge is 0.290 e. The molecule has 1 aliphatic rings. The van der Waals surface area contributed by atoms with Gasteiger partial charge in [-0.15, -0.1) is 0 Å². The largest absolute Gasteiger partial charge is 0.493 e. The number of aliphatic hydroxyl groups is 1. The Labute approximate surface area is 146 Å². The second kappa shape index (κ2) is 8.48. The molecule has 0 aliphatic carbocycles. The number of anilines is 1. The number of pyridine rings is 1. The molecule has 2 atom stereocenters. The van der Waals surface area contributed by atoms with Crippen LogP contribution in [0.4, 0.5) is 5.69 Å². The quantitative estimate of drug-likeness (QED) is 0.711. The lowest BCUT2D eigenvalue weighted by atomic mass is 10.0. The molecule has 0 amide bonds. The minimum Gasteiger partial charge on any atom is -0.493 e. The molecule has 136 valence electrons. The summed E-state index contributed by atoms with van der Waals surface area (Å²) in [5, 5.41) is 24.5. The Balaban J connectivity index is 0.000000701. The van der Waals surface area contributed by atoms with E-state index in [1.54, 1.807) is 13.3 Å². The van der Waals surface area contributed by atoms with E-state index < -0.39 is 0 Å². The number of aliphatic hydroxyl groups excluding tert-OH is 1. The molecular weight excluding hydrogens is 324 g/mol. The van der Waals surface area contributed by atoms with Gasteiger partial charge in [0.05, 0.1) is 30.3 Å². The summed E-state index contributed by atoms with van der Waals surface area (Å²) < 4.78 is 5.48. The zero-order valence-corrected chi connectivity index (χ0v) is 14.6. The van der Waals surface area contributed by atoms with Gasteiger partial charge in [0.15, 0.2) is 5.75 Å². The van der Waals surface area contributed by atoms with E-state index in [0.717, 1.165) is 41.5 Å². The molecule has 3 heterocycles. The first-order valence-corrected chi connectivity index (χ1v) is 8.01. The van der Waals surface area contributed by atoms with Crippen LogP contribution in [0, 0.1) is 19.8 Å². The van der Waals surface area contributed by atoms with Gasteiger partial charge in [0.2, 0.25) is 0 Å². The molecule has 2 aromatic rings. The maximum atomic E-state index is 10.4. The third-order valence-corrected chi connectivity index (χ3v) is 4.24. The number of hydrogen-bond acceptors (Lipinski definition) is 6. The summed E-state index contributed by atoms with van der Waals surface area (Å²) in [6.07, 6.45) is 2.19. The number of methoxy groups -OCH3 is 1. The minimum atomic E-state index is -0.366. The third-order valence-electron chi connectivity index (χ3n) is 4.24. The van der Waals surface area contributed by atoms with Crippen molar-refractivity contribution in [2.24, 2.45) is 5.92 Å². The minimum absolute atomic E-state index is 0.167. The molecule has 1 fully saturated rings. The van der Waals surface area contributed by atoms with E-state index in [9.17, 15) is 5.11 Å². The zero-order chi connectivity index (χ0) is 18.4. The van der Waals surface area contributed by atoms with E-state index in [0.29, 0.717) is 6.54 Å². The van der Waals surface area contributed by atoms with Crippen molar-refractivity contribution in [2.45, 2.75) is 26.4 Å². The number of carbonyl (C=O) groups is 1. The van der Waals surface area contributed by atoms with Crippen LogP contribution in [-0.2, 0) is 11.2 Å². The summed E-state index contributed by atoms with van der Waals surface area (Å²) in [7, 11) is 1.66. The Morgan fingerprint density at radius 1 is 1.44 bits per heavy atom. The highest BCUT2D eigenvalue weighted by atomic mass is 16.5. The van der Waals surface area contributed by atoms with E-state index in [4.69, 9.17) is 14.6 Å². The highest BCUT2D eigenvalue weighted by Crippen LogP contribution is 2.34. The van der Waals surface area contributed by atoms with Gasteiger partial charge in [0.25, 0.3) is 6.47 Å². The van der Waals surface area contributed by atoms with Crippen molar-refractivity contribution in [3.8, 4) is 5.75 Å². The van der Waals surface area contributed by atoms with Crippen LogP contribution in [0.2, 0.25) is 0 Å². The number of aryl methyl sites for hydroxylation is 2. The van der Waals surface area contributed by atoms with E-state index in [2.05, 4.69) is 20.1 Å². The number of ether oxygens (including phenoxy) is 1. The van der Waals surface area contributed by atoms with Crippen LogP contribution in [0.1, 0.15) is 17.1 Å². The Kier molecular flexibility index (Phi) is 6.35. The number of nitrogens with zero attached hydrogens (tertiary/aromatic N) is 3. The van der Waals surface area contributed by atoms with Crippen LogP contribution < -0.4 is 9.64 Å². The van der Waals surface area contributed by atoms with Crippen LogP contribution in [0.3, 0.4) is 0 Å². The van der Waals surface area contributed by atoms with E-state index >= 15 is 0 Å². The maximum Gasteiger partial charge on any atom is 0.290 e. The van der Waals surface area contributed by atoms with Gasteiger partial charge in [-0.3, -0.25) is 14.9 Å². The SMILES string of the molecule is COc1c(N2C[C@@H](Cc3cc(C)[nH]n3)[C@@H](O)C2)ccnc1C.O=CO. The summed E-state index contributed by atoms with van der Waals surface area (Å²) in [6, 6.07) is 3.98. The summed E-state index contributed by atoms with van der Waals surface area (Å²) in [4.78, 5) is 14.8. The van der Waals surface area contributed by atoms with Gasteiger partial charge in [-0.2, -0.15) is 5.10 Å². The van der Waals surface area contributed by atoms with Gasteiger partial charge in [0, 0.05) is 30.9 Å². The van der Waals surface area contributed by atoms with Crippen molar-refractivity contribution in [3.63, 3.8) is 0 Å². The van der Waals surface area contributed by atoms with Gasteiger partial charge in [0.1, 0.15) is 0 Å². The average molecular weight is 348 g/mol. The van der Waals surface area contributed by atoms with Crippen molar-refractivity contribution in [1.82, 2.24) is 15.2 Å². The molecule has 3 rings (SSSR count). The van der Waals surface area contributed by atoms with Crippen LogP contribution >= 0.6 is 0 Å². The van der Waals surface area contributed by atoms with Gasteiger partial charge < -0.3 is 19.8 Å². The molecule has 0 radical (unpaired) electrons. The lowest BCUT2D eigenvalue weighted by Crippen LogP contribution is -2.22. The molecule has 1 aliphatic heterocycles. The number of hydrogen-bond donors (Lipinski definition) is 3. The second-order valence-electron chi connectivity index (χ2n) is 6.03. The fourth-order valence-electron chi connectivity index (χ4n) is 3.14. The number of carboxylic acid groups (broad SMARTS) is 1. The number of β-amino-alcohol motifs (C(OH)–C–C–N with tert-alkyl or cyclic N) is 1. The predicted molar refractivity (Wildman–Crippen MR) is 93.0 cm³/mol. The molecule has 8 nitrogen and oxygen atoms in total. The first kappa shape index (κ1) is 18.7. The van der Waals surface area contributed by atoms with Gasteiger partial charge in [-0.1, -0.05) is 0 Å². The number of rotatable bonds is 4. The number of aromatic nitrogens is 3. The zero-order valence-electron chi connectivity index (χ0n) is 14.6. The number of H-pyrrole nitrogens is 1. The molecule has 0 spiro atoms.